The van der Waals surface area contributed by atoms with Crippen molar-refractivity contribution in [1.29, 1.82) is 0 Å². The van der Waals surface area contributed by atoms with Crippen LogP contribution in [0.25, 0.3) is 0 Å². The van der Waals surface area contributed by atoms with Gasteiger partial charge in [0.25, 0.3) is 5.91 Å². The van der Waals surface area contributed by atoms with Gasteiger partial charge in [-0.2, -0.15) is 0 Å². The molecule has 4 nitrogen and oxygen atoms in total. The highest BCUT2D eigenvalue weighted by atomic mass is 16.4. The smallest absolute Gasteiger partial charge is 0.276 e. The molecule has 1 aromatic carbocycles. The topological polar surface area (TPSA) is 52.9 Å². The lowest BCUT2D eigenvalue weighted by atomic mass is 10.1. The summed E-state index contributed by atoms with van der Waals surface area (Å²) in [7, 11) is 0. The highest BCUT2D eigenvalue weighted by Crippen LogP contribution is 2.11. The molecule has 2 rings (SSSR count). The fourth-order valence-electron chi connectivity index (χ4n) is 2.07. The molecule has 0 spiro atoms. The Bertz CT molecular complexity index is 409. The molecule has 0 atom stereocenters. The van der Waals surface area contributed by atoms with E-state index in [1.54, 1.807) is 17.0 Å². The SMILES string of the molecule is O=C(/C(=N\O)c1ccccc1)N1CCCCC1. The lowest BCUT2D eigenvalue weighted by Gasteiger charge is -2.26. The maximum absolute atomic E-state index is 12.2. The van der Waals surface area contributed by atoms with E-state index in [0.717, 1.165) is 25.9 Å². The van der Waals surface area contributed by atoms with Crippen LogP contribution in [-0.4, -0.2) is 34.8 Å². The summed E-state index contributed by atoms with van der Waals surface area (Å²) in [6, 6.07) is 9.06. The molecule has 1 saturated heterocycles. The van der Waals surface area contributed by atoms with Crippen LogP contribution in [-0.2, 0) is 4.79 Å². The summed E-state index contributed by atoms with van der Waals surface area (Å²) in [5, 5.41) is 12.2. The predicted molar refractivity (Wildman–Crippen MR) is 65.2 cm³/mol. The van der Waals surface area contributed by atoms with Crippen molar-refractivity contribution >= 4 is 11.6 Å². The average molecular weight is 232 g/mol. The van der Waals surface area contributed by atoms with Crippen LogP contribution in [0.3, 0.4) is 0 Å². The van der Waals surface area contributed by atoms with Crippen molar-refractivity contribution in [3.8, 4) is 0 Å². The molecule has 1 aliphatic rings. The number of hydrogen-bond acceptors (Lipinski definition) is 3. The third-order valence-electron chi connectivity index (χ3n) is 2.99. The van der Waals surface area contributed by atoms with Crippen molar-refractivity contribution in [2.24, 2.45) is 5.16 Å². The highest BCUT2D eigenvalue weighted by molar-refractivity contribution is 6.45. The number of hydrogen-bond donors (Lipinski definition) is 1. The number of nitrogens with zero attached hydrogens (tertiary/aromatic N) is 2. The van der Waals surface area contributed by atoms with E-state index < -0.39 is 0 Å². The van der Waals surface area contributed by atoms with Crippen LogP contribution in [0.2, 0.25) is 0 Å². The maximum atomic E-state index is 12.2. The zero-order chi connectivity index (χ0) is 12.1. The lowest BCUT2D eigenvalue weighted by Crippen LogP contribution is -2.40. The van der Waals surface area contributed by atoms with Gasteiger partial charge in [0.15, 0.2) is 5.71 Å². The molecule has 1 aromatic rings. The Kier molecular flexibility index (Phi) is 3.75. The van der Waals surface area contributed by atoms with Crippen LogP contribution in [0.15, 0.2) is 35.5 Å². The Hall–Kier alpha value is -1.84. The number of benzene rings is 1. The van der Waals surface area contributed by atoms with Gasteiger partial charge in [-0.15, -0.1) is 0 Å². The monoisotopic (exact) mass is 232 g/mol. The predicted octanol–water partition coefficient (Wildman–Crippen LogP) is 1.88. The first-order valence-corrected chi connectivity index (χ1v) is 5.89. The largest absolute Gasteiger partial charge is 0.410 e. The second kappa shape index (κ2) is 5.48. The van der Waals surface area contributed by atoms with Crippen LogP contribution in [0, 0.1) is 0 Å². The van der Waals surface area contributed by atoms with Gasteiger partial charge in [0.2, 0.25) is 0 Å². The minimum absolute atomic E-state index is 0.132. The Labute approximate surface area is 101 Å². The molecule has 4 heteroatoms. The standard InChI is InChI=1S/C13H16N2O2/c16-13(15-9-5-2-6-10-15)12(14-17)11-7-3-1-4-8-11/h1,3-4,7-8,17H,2,5-6,9-10H2/b14-12-. The zero-order valence-corrected chi connectivity index (χ0v) is 9.67. The molecule has 0 bridgehead atoms. The Morgan fingerprint density at radius 2 is 1.76 bits per heavy atom. The molecule has 1 fully saturated rings. The van der Waals surface area contributed by atoms with E-state index in [1.165, 1.54) is 6.42 Å². The van der Waals surface area contributed by atoms with Crippen LogP contribution in [0.1, 0.15) is 24.8 Å². The lowest BCUT2D eigenvalue weighted by molar-refractivity contribution is -0.125. The van der Waals surface area contributed by atoms with Crippen molar-refractivity contribution in [2.75, 3.05) is 13.1 Å². The van der Waals surface area contributed by atoms with Crippen molar-refractivity contribution in [2.45, 2.75) is 19.3 Å². The second-order valence-electron chi connectivity index (χ2n) is 4.17. The van der Waals surface area contributed by atoms with Gasteiger partial charge in [0.1, 0.15) is 0 Å². The summed E-state index contributed by atoms with van der Waals surface area (Å²) in [4.78, 5) is 13.9. The number of rotatable bonds is 2. The van der Waals surface area contributed by atoms with E-state index in [2.05, 4.69) is 5.16 Å². The number of amides is 1. The second-order valence-corrected chi connectivity index (χ2v) is 4.17. The van der Waals surface area contributed by atoms with Crippen molar-refractivity contribution < 1.29 is 10.0 Å². The average Bonchev–Trinajstić information content (AvgIpc) is 2.42. The molecule has 0 aliphatic carbocycles. The molecule has 0 radical (unpaired) electrons. The number of carbonyl (C=O) groups excluding carboxylic acids is 1. The summed E-state index contributed by atoms with van der Waals surface area (Å²) >= 11 is 0. The normalized spacial score (nSPS) is 16.9. The molecular formula is C13H16N2O2. The first-order chi connectivity index (χ1) is 8.33. The van der Waals surface area contributed by atoms with Crippen LogP contribution < -0.4 is 0 Å². The molecule has 0 unspecified atom stereocenters. The quantitative estimate of drug-likeness (QED) is 0.481. The number of carbonyl (C=O) groups is 1. The molecule has 1 N–H and O–H groups in total. The van der Waals surface area contributed by atoms with E-state index in [4.69, 9.17) is 5.21 Å². The van der Waals surface area contributed by atoms with Crippen LogP contribution in [0.5, 0.6) is 0 Å². The first kappa shape index (κ1) is 11.6. The fourth-order valence-corrected chi connectivity index (χ4v) is 2.07. The molecule has 0 aromatic heterocycles. The molecule has 17 heavy (non-hydrogen) atoms. The molecule has 1 heterocycles. The molecule has 1 aliphatic heterocycles. The van der Waals surface area contributed by atoms with E-state index >= 15 is 0 Å². The molecule has 1 amide bonds. The fraction of sp³-hybridized carbons (Fsp3) is 0.385. The van der Waals surface area contributed by atoms with Gasteiger partial charge in [0, 0.05) is 18.7 Å². The molecule has 90 valence electrons. The summed E-state index contributed by atoms with van der Waals surface area (Å²) in [5.41, 5.74) is 0.790. The summed E-state index contributed by atoms with van der Waals surface area (Å²) < 4.78 is 0. The maximum Gasteiger partial charge on any atom is 0.276 e. The number of oxime groups is 1. The van der Waals surface area contributed by atoms with Crippen LogP contribution >= 0.6 is 0 Å². The first-order valence-electron chi connectivity index (χ1n) is 5.89. The Balaban J connectivity index is 2.16. The number of piperidine rings is 1. The summed E-state index contributed by atoms with van der Waals surface area (Å²) in [6.07, 6.45) is 3.22. The van der Waals surface area contributed by atoms with Gasteiger partial charge >= 0.3 is 0 Å². The van der Waals surface area contributed by atoms with Gasteiger partial charge in [-0.1, -0.05) is 35.5 Å². The van der Waals surface area contributed by atoms with E-state index in [0.29, 0.717) is 5.56 Å². The summed E-state index contributed by atoms with van der Waals surface area (Å²) in [6.45, 7) is 1.51. The van der Waals surface area contributed by atoms with E-state index in [9.17, 15) is 4.79 Å². The van der Waals surface area contributed by atoms with Gasteiger partial charge in [0.05, 0.1) is 0 Å². The highest BCUT2D eigenvalue weighted by Gasteiger charge is 2.23. The third-order valence-corrected chi connectivity index (χ3v) is 2.99. The Morgan fingerprint density at radius 3 is 2.35 bits per heavy atom. The minimum Gasteiger partial charge on any atom is -0.410 e. The third kappa shape index (κ3) is 2.64. The minimum atomic E-state index is -0.182. The van der Waals surface area contributed by atoms with E-state index in [1.807, 2.05) is 18.2 Å². The van der Waals surface area contributed by atoms with Crippen molar-refractivity contribution in [3.63, 3.8) is 0 Å². The molecular weight excluding hydrogens is 216 g/mol. The number of likely N-dealkylation sites (tertiary alicyclic amines) is 1. The van der Waals surface area contributed by atoms with Gasteiger partial charge in [-0.3, -0.25) is 4.79 Å². The summed E-state index contributed by atoms with van der Waals surface area (Å²) in [5.74, 6) is -0.182. The van der Waals surface area contributed by atoms with E-state index in [-0.39, 0.29) is 11.6 Å². The van der Waals surface area contributed by atoms with Crippen LogP contribution in [0.4, 0.5) is 0 Å². The van der Waals surface area contributed by atoms with Gasteiger partial charge < -0.3 is 10.1 Å². The van der Waals surface area contributed by atoms with Gasteiger partial charge in [-0.05, 0) is 19.3 Å². The Morgan fingerprint density at radius 1 is 1.12 bits per heavy atom. The zero-order valence-electron chi connectivity index (χ0n) is 9.67. The van der Waals surface area contributed by atoms with Crippen molar-refractivity contribution in [1.82, 2.24) is 4.90 Å². The molecule has 0 saturated carbocycles. The van der Waals surface area contributed by atoms with Crippen molar-refractivity contribution in [3.05, 3.63) is 35.9 Å². The van der Waals surface area contributed by atoms with Gasteiger partial charge in [-0.25, -0.2) is 0 Å².